The number of aromatic nitrogens is 2. The molecule has 0 spiro atoms. The number of amides is 1. The summed E-state index contributed by atoms with van der Waals surface area (Å²) in [6, 6.07) is 6.56. The Labute approximate surface area is 166 Å². The second-order valence-electron chi connectivity index (χ2n) is 6.82. The molecule has 0 fully saturated rings. The van der Waals surface area contributed by atoms with Crippen molar-refractivity contribution in [2.24, 2.45) is 7.05 Å². The number of sulfonamides is 1. The van der Waals surface area contributed by atoms with Gasteiger partial charge in [0.05, 0.1) is 17.2 Å². The Morgan fingerprint density at radius 2 is 1.93 bits per heavy atom. The van der Waals surface area contributed by atoms with E-state index in [1.54, 1.807) is 31.3 Å². The second kappa shape index (κ2) is 9.20. The number of carbonyl (C=O) groups is 1. The third-order valence-electron chi connectivity index (χ3n) is 4.19. The lowest BCUT2D eigenvalue weighted by molar-refractivity contribution is 0.0757. The van der Waals surface area contributed by atoms with Crippen molar-refractivity contribution in [1.29, 1.82) is 0 Å². The molecule has 1 amide bonds. The first-order chi connectivity index (χ1) is 13.1. The van der Waals surface area contributed by atoms with Gasteiger partial charge >= 0.3 is 0 Å². The minimum absolute atomic E-state index is 0.140. The third-order valence-corrected chi connectivity index (χ3v) is 5.95. The van der Waals surface area contributed by atoms with Gasteiger partial charge in [-0.15, -0.1) is 0 Å². The topological polar surface area (TPSA) is 93.5 Å². The molecule has 0 unspecified atom stereocenters. The highest BCUT2D eigenvalue weighted by Gasteiger charge is 2.28. The molecule has 2 aromatic rings. The Balaban J connectivity index is 2.17. The van der Waals surface area contributed by atoms with E-state index in [2.05, 4.69) is 10.4 Å². The molecule has 1 aromatic heterocycles. The molecule has 154 valence electrons. The van der Waals surface area contributed by atoms with Crippen molar-refractivity contribution in [1.82, 2.24) is 15.1 Å². The number of anilines is 1. The fourth-order valence-corrected chi connectivity index (χ4v) is 3.88. The lowest BCUT2D eigenvalue weighted by Crippen LogP contribution is -2.32. The van der Waals surface area contributed by atoms with Gasteiger partial charge < -0.3 is 10.1 Å². The van der Waals surface area contributed by atoms with Crippen molar-refractivity contribution in [2.75, 3.05) is 24.5 Å². The minimum Gasteiger partial charge on any atom is -0.379 e. The summed E-state index contributed by atoms with van der Waals surface area (Å²) in [6.45, 7) is 6.75. The smallest absolute Gasteiger partial charge is 0.265 e. The summed E-state index contributed by atoms with van der Waals surface area (Å²) in [5, 5.41) is 6.86. The molecule has 1 N–H and O–H groups in total. The molecule has 0 aliphatic carbocycles. The van der Waals surface area contributed by atoms with E-state index in [0.717, 1.165) is 9.87 Å². The van der Waals surface area contributed by atoms with E-state index in [0.29, 0.717) is 19.6 Å². The summed E-state index contributed by atoms with van der Waals surface area (Å²) < 4.78 is 33.8. The lowest BCUT2D eigenvalue weighted by Gasteiger charge is -2.21. The first-order valence-corrected chi connectivity index (χ1v) is 10.6. The van der Waals surface area contributed by atoms with Gasteiger partial charge in [0, 0.05) is 27.2 Å². The molecular formula is C19H28N4O4S. The van der Waals surface area contributed by atoms with Crippen LogP contribution in [-0.4, -0.2) is 50.4 Å². The molecule has 0 bridgehead atoms. The predicted octanol–water partition coefficient (Wildman–Crippen LogP) is 2.10. The van der Waals surface area contributed by atoms with Crippen molar-refractivity contribution in [2.45, 2.75) is 38.2 Å². The van der Waals surface area contributed by atoms with Crippen molar-refractivity contribution >= 4 is 21.7 Å². The number of rotatable bonds is 9. The third kappa shape index (κ3) is 5.11. The molecule has 0 aliphatic rings. The van der Waals surface area contributed by atoms with Crippen molar-refractivity contribution in [3.05, 3.63) is 41.6 Å². The first-order valence-electron chi connectivity index (χ1n) is 9.12. The lowest BCUT2D eigenvalue weighted by atomic mass is 10.2. The largest absolute Gasteiger partial charge is 0.379 e. The van der Waals surface area contributed by atoms with Gasteiger partial charge in [-0.25, -0.2) is 8.42 Å². The van der Waals surface area contributed by atoms with Crippen LogP contribution in [0.25, 0.3) is 0 Å². The average molecular weight is 409 g/mol. The molecule has 0 saturated carbocycles. The molecule has 2 rings (SSSR count). The molecule has 0 radical (unpaired) electrons. The number of nitrogens with zero attached hydrogens (tertiary/aromatic N) is 3. The summed E-state index contributed by atoms with van der Waals surface area (Å²) in [6.07, 6.45) is 2.18. The van der Waals surface area contributed by atoms with Gasteiger partial charge in [0.2, 0.25) is 0 Å². The summed E-state index contributed by atoms with van der Waals surface area (Å²) in [5.41, 5.74) is 1.16. The van der Waals surface area contributed by atoms with Crippen LogP contribution in [0.5, 0.6) is 0 Å². The summed E-state index contributed by atoms with van der Waals surface area (Å²) >= 11 is 0. The zero-order chi connectivity index (χ0) is 20.9. The van der Waals surface area contributed by atoms with Crippen LogP contribution in [0, 0.1) is 6.92 Å². The van der Waals surface area contributed by atoms with Gasteiger partial charge in [-0.2, -0.15) is 5.10 Å². The molecule has 8 nitrogen and oxygen atoms in total. The van der Waals surface area contributed by atoms with E-state index < -0.39 is 10.0 Å². The quantitative estimate of drug-likeness (QED) is 0.642. The Kier molecular flexibility index (Phi) is 7.20. The number of nitrogens with one attached hydrogen (secondary N) is 1. The van der Waals surface area contributed by atoms with Gasteiger partial charge in [0.15, 0.2) is 5.82 Å². The highest BCUT2D eigenvalue weighted by Crippen LogP contribution is 2.25. The van der Waals surface area contributed by atoms with E-state index in [-0.39, 0.29) is 28.3 Å². The van der Waals surface area contributed by atoms with Crippen molar-refractivity contribution in [3.8, 4) is 0 Å². The summed E-state index contributed by atoms with van der Waals surface area (Å²) in [4.78, 5) is 12.7. The Morgan fingerprint density at radius 1 is 1.29 bits per heavy atom. The highest BCUT2D eigenvalue weighted by molar-refractivity contribution is 7.92. The monoisotopic (exact) mass is 408 g/mol. The molecule has 28 heavy (non-hydrogen) atoms. The number of hydrogen-bond acceptors (Lipinski definition) is 5. The molecule has 0 saturated heterocycles. The highest BCUT2D eigenvalue weighted by atomic mass is 32.2. The van der Waals surface area contributed by atoms with E-state index in [1.165, 1.54) is 17.9 Å². The normalized spacial score (nSPS) is 11.6. The molecule has 1 aromatic carbocycles. The number of benzene rings is 1. The zero-order valence-corrected chi connectivity index (χ0v) is 17.8. The van der Waals surface area contributed by atoms with Gasteiger partial charge in [-0.3, -0.25) is 13.8 Å². The van der Waals surface area contributed by atoms with Gasteiger partial charge in [0.1, 0.15) is 5.56 Å². The molecule has 9 heteroatoms. The number of hydrogen-bond donors (Lipinski definition) is 1. The van der Waals surface area contributed by atoms with Crippen molar-refractivity contribution < 1.29 is 17.9 Å². The van der Waals surface area contributed by atoms with E-state index in [1.807, 2.05) is 20.8 Å². The minimum atomic E-state index is -3.82. The Bertz CT molecular complexity index is 905. The fraction of sp³-hybridized carbons (Fsp3) is 0.474. The van der Waals surface area contributed by atoms with Crippen LogP contribution in [-0.2, 0) is 21.8 Å². The standard InChI is InChI=1S/C19H28N4O4S/c1-14(2)27-12-6-11-20-18(24)17-13-21-22(4)19(17)23(5)28(25,26)16-9-7-15(3)8-10-16/h7-10,13-14H,6,11-12H2,1-5H3,(H,20,24). The molecule has 0 aliphatic heterocycles. The van der Waals surface area contributed by atoms with E-state index >= 15 is 0 Å². The van der Waals surface area contributed by atoms with Crippen LogP contribution in [0.1, 0.15) is 36.2 Å². The van der Waals surface area contributed by atoms with Gasteiger partial charge in [0.25, 0.3) is 15.9 Å². The second-order valence-corrected chi connectivity index (χ2v) is 8.79. The van der Waals surface area contributed by atoms with Crippen LogP contribution in [0.3, 0.4) is 0 Å². The molecular weight excluding hydrogens is 380 g/mol. The van der Waals surface area contributed by atoms with Gasteiger partial charge in [-0.1, -0.05) is 17.7 Å². The Hall–Kier alpha value is -2.39. The van der Waals surface area contributed by atoms with E-state index in [9.17, 15) is 13.2 Å². The van der Waals surface area contributed by atoms with Crippen LogP contribution >= 0.6 is 0 Å². The maximum absolute atomic E-state index is 13.0. The van der Waals surface area contributed by atoms with Crippen molar-refractivity contribution in [3.63, 3.8) is 0 Å². The maximum atomic E-state index is 13.0. The fourth-order valence-electron chi connectivity index (χ4n) is 2.64. The van der Waals surface area contributed by atoms with Crippen LogP contribution in [0.4, 0.5) is 5.82 Å². The zero-order valence-electron chi connectivity index (χ0n) is 17.0. The number of carbonyl (C=O) groups excluding carboxylic acids is 1. The van der Waals surface area contributed by atoms with Crippen LogP contribution < -0.4 is 9.62 Å². The molecule has 1 heterocycles. The average Bonchev–Trinajstić information content (AvgIpc) is 3.02. The summed E-state index contributed by atoms with van der Waals surface area (Å²) in [7, 11) is -0.806. The number of ether oxygens (including phenoxy) is 1. The number of aryl methyl sites for hydroxylation is 2. The van der Waals surface area contributed by atoms with Crippen LogP contribution in [0.15, 0.2) is 35.4 Å². The van der Waals surface area contributed by atoms with Crippen LogP contribution in [0.2, 0.25) is 0 Å². The Morgan fingerprint density at radius 3 is 2.54 bits per heavy atom. The first kappa shape index (κ1) is 21.9. The van der Waals surface area contributed by atoms with Gasteiger partial charge in [-0.05, 0) is 39.3 Å². The molecule has 0 atom stereocenters. The SMILES string of the molecule is Cc1ccc(S(=O)(=O)N(C)c2c(C(=O)NCCCOC(C)C)cnn2C)cc1. The summed E-state index contributed by atoms with van der Waals surface area (Å²) in [5.74, 6) is -0.171. The van der Waals surface area contributed by atoms with E-state index in [4.69, 9.17) is 4.74 Å². The maximum Gasteiger partial charge on any atom is 0.265 e. The predicted molar refractivity (Wildman–Crippen MR) is 108 cm³/mol.